The van der Waals surface area contributed by atoms with Gasteiger partial charge in [-0.05, 0) is 53.0 Å². The van der Waals surface area contributed by atoms with Crippen LogP contribution < -0.4 is 11.2 Å². The lowest BCUT2D eigenvalue weighted by atomic mass is 9.64. The van der Waals surface area contributed by atoms with Crippen LogP contribution in [0.2, 0.25) is 18.1 Å². The fourth-order valence-corrected chi connectivity index (χ4v) is 8.43. The number of carbonyl (C=O) groups is 2. The first-order valence-corrected chi connectivity index (χ1v) is 21.1. The zero-order valence-electron chi connectivity index (χ0n) is 31.8. The van der Waals surface area contributed by atoms with Gasteiger partial charge >= 0.3 is 17.6 Å². The lowest BCUT2D eigenvalue weighted by molar-refractivity contribution is -0.102. The van der Waals surface area contributed by atoms with Crippen molar-refractivity contribution in [3.63, 3.8) is 0 Å². The number of aromatic carboxylic acids is 1. The van der Waals surface area contributed by atoms with Crippen LogP contribution in [0.15, 0.2) is 132 Å². The molecule has 1 aromatic heterocycles. The minimum Gasteiger partial charge on any atom is -0.478 e. The van der Waals surface area contributed by atoms with Crippen LogP contribution in [-0.2, 0) is 24.2 Å². The maximum Gasteiger partial charge on any atom is 0.351 e. The van der Waals surface area contributed by atoms with Gasteiger partial charge in [0.05, 0.1) is 29.8 Å². The van der Waals surface area contributed by atoms with E-state index in [1.54, 1.807) is 24.4 Å². The normalized spacial score (nSPS) is 18.0. The van der Waals surface area contributed by atoms with Crippen LogP contribution in [0.25, 0.3) is 0 Å². The molecule has 4 atom stereocenters. The smallest absolute Gasteiger partial charge is 0.351 e. The average Bonchev–Trinajstić information content (AvgIpc) is 3.57. The van der Waals surface area contributed by atoms with E-state index < -0.39 is 55.9 Å². The Bertz CT molecular complexity index is 2060. The highest BCUT2D eigenvalue weighted by Crippen LogP contribution is 2.50. The van der Waals surface area contributed by atoms with Crippen LogP contribution in [0.5, 0.6) is 0 Å². The average molecular weight is 762 g/mol. The van der Waals surface area contributed by atoms with Crippen LogP contribution in [0.1, 0.15) is 70.8 Å². The number of aromatic nitrogens is 2. The molecule has 0 radical (unpaired) electrons. The van der Waals surface area contributed by atoms with E-state index in [9.17, 15) is 19.5 Å². The lowest BCUT2D eigenvalue weighted by Gasteiger charge is -2.46. The van der Waals surface area contributed by atoms with Crippen molar-refractivity contribution in [2.75, 3.05) is 12.6 Å². The summed E-state index contributed by atoms with van der Waals surface area (Å²) in [5.41, 5.74) is 2.84. The molecular weight excluding hydrogens is 715 g/mol. The molecule has 1 unspecified atom stereocenters. The summed E-state index contributed by atoms with van der Waals surface area (Å²) < 4.78 is 22.5. The summed E-state index contributed by atoms with van der Waals surface area (Å²) in [5, 5.41) is 9.92. The summed E-state index contributed by atoms with van der Waals surface area (Å²) in [6.07, 6.45) is -1.95. The second-order valence-corrected chi connectivity index (χ2v) is 19.9. The highest BCUT2D eigenvalue weighted by Gasteiger charge is 2.57. The molecule has 1 aliphatic rings. The van der Waals surface area contributed by atoms with Crippen molar-refractivity contribution in [3.8, 4) is 0 Å². The van der Waals surface area contributed by atoms with Crippen LogP contribution in [0, 0.1) is 0 Å². The van der Waals surface area contributed by atoms with E-state index in [2.05, 4.69) is 44.3 Å². The van der Waals surface area contributed by atoms with Crippen molar-refractivity contribution in [3.05, 3.63) is 166 Å². The zero-order chi connectivity index (χ0) is 39.4. The Morgan fingerprint density at radius 1 is 0.836 bits per heavy atom. The molecule has 0 amide bonds. The number of carboxylic acid groups (broad SMARTS) is 1. The Labute approximate surface area is 322 Å². The van der Waals surface area contributed by atoms with Gasteiger partial charge in [-0.3, -0.25) is 9.40 Å². The van der Waals surface area contributed by atoms with Crippen molar-refractivity contribution >= 4 is 26.1 Å². The number of nitrogens with one attached hydrogen (secondary N) is 1. The first kappa shape index (κ1) is 39.3. The number of benzene rings is 4. The molecular formula is C43H47N3O8Si. The number of hydrogen-bond acceptors (Lipinski definition) is 9. The largest absolute Gasteiger partial charge is 0.478 e. The standard InChI is InChI=1S/C43H47N3O8Si/c1-42(2,3)55(5,6)54-34-28-36(46-27-26-35(45-51-4)44-41(46)50)52-37(34)38(53-40(49)33-25-17-16-24-32(33)39(47)48)43(29-18-10-7-11-19-29,30-20-12-8-13-21-30)31-22-14-9-15-23-31/h7-27,34,36-38H,28H2,1-6H3,(H,47,48)(H,44,45,50)/t34-,36+,37-,38?/m0/s1. The van der Waals surface area contributed by atoms with Crippen molar-refractivity contribution in [2.45, 2.75) is 75.3 Å². The molecule has 6 rings (SSSR count). The van der Waals surface area contributed by atoms with Crippen LogP contribution >= 0.6 is 0 Å². The first-order valence-electron chi connectivity index (χ1n) is 18.2. The number of rotatable bonds is 13. The van der Waals surface area contributed by atoms with E-state index in [0.717, 1.165) is 16.7 Å². The van der Waals surface area contributed by atoms with E-state index in [-0.39, 0.29) is 28.4 Å². The van der Waals surface area contributed by atoms with Crippen LogP contribution in [0.3, 0.4) is 0 Å². The molecule has 4 aromatic carbocycles. The fraction of sp³-hybridized carbons (Fsp3) is 0.302. The number of carbonyl (C=O) groups excluding carboxylic acids is 1. The van der Waals surface area contributed by atoms with Gasteiger partial charge in [-0.15, -0.1) is 0 Å². The first-order chi connectivity index (χ1) is 26.3. The summed E-state index contributed by atoms with van der Waals surface area (Å²) in [6.45, 7) is 10.7. The molecule has 12 heteroatoms. The van der Waals surface area contributed by atoms with Gasteiger partial charge in [0.15, 0.2) is 14.1 Å². The van der Waals surface area contributed by atoms with Gasteiger partial charge in [-0.2, -0.15) is 4.98 Å². The van der Waals surface area contributed by atoms with Gasteiger partial charge in [0, 0.05) is 12.6 Å². The Morgan fingerprint density at radius 3 is 1.82 bits per heavy atom. The maximum absolute atomic E-state index is 14.7. The Morgan fingerprint density at radius 2 is 1.35 bits per heavy atom. The molecule has 2 N–H and O–H groups in total. The second kappa shape index (κ2) is 16.1. The predicted octanol–water partition coefficient (Wildman–Crippen LogP) is 7.85. The fourth-order valence-electron chi connectivity index (χ4n) is 7.09. The summed E-state index contributed by atoms with van der Waals surface area (Å²) in [5.74, 6) is -1.88. The van der Waals surface area contributed by atoms with Gasteiger partial charge in [0.25, 0.3) is 0 Å². The highest BCUT2D eigenvalue weighted by molar-refractivity contribution is 6.74. The predicted molar refractivity (Wildman–Crippen MR) is 212 cm³/mol. The molecule has 1 fully saturated rings. The van der Waals surface area contributed by atoms with E-state index in [0.29, 0.717) is 0 Å². The van der Waals surface area contributed by atoms with Crippen molar-refractivity contribution in [1.82, 2.24) is 9.55 Å². The van der Waals surface area contributed by atoms with E-state index in [1.165, 1.54) is 23.8 Å². The summed E-state index contributed by atoms with van der Waals surface area (Å²) in [4.78, 5) is 49.8. The van der Waals surface area contributed by atoms with E-state index in [4.69, 9.17) is 18.7 Å². The minimum atomic E-state index is -2.57. The summed E-state index contributed by atoms with van der Waals surface area (Å²) in [7, 11) is -1.15. The Kier molecular flexibility index (Phi) is 11.5. The summed E-state index contributed by atoms with van der Waals surface area (Å²) >= 11 is 0. The third kappa shape index (κ3) is 7.90. The SMILES string of the molecule is CONc1ccn([C@H]2C[C@H](O[Si](C)(C)C(C)(C)C)[C@@H](C(OC(=O)c3ccccc3C(=O)O)C(c3ccccc3)(c3ccccc3)c3ccccc3)O2)c(=O)n1. The van der Waals surface area contributed by atoms with E-state index in [1.807, 2.05) is 91.0 Å². The Hall–Kier alpha value is -5.40. The molecule has 0 spiro atoms. The third-order valence-corrected chi connectivity index (χ3v) is 15.2. The molecule has 2 heterocycles. The monoisotopic (exact) mass is 761 g/mol. The Balaban J connectivity index is 1.64. The number of hydrogen-bond donors (Lipinski definition) is 2. The second-order valence-electron chi connectivity index (χ2n) is 15.1. The number of esters is 1. The number of ether oxygens (including phenoxy) is 2. The lowest BCUT2D eigenvalue weighted by Crippen LogP contribution is -2.56. The van der Waals surface area contributed by atoms with Crippen molar-refractivity contribution in [2.24, 2.45) is 0 Å². The number of carboxylic acids is 1. The summed E-state index contributed by atoms with van der Waals surface area (Å²) in [6, 6.07) is 36.8. The number of anilines is 1. The topological polar surface area (TPSA) is 138 Å². The van der Waals surface area contributed by atoms with Crippen LogP contribution in [-0.4, -0.2) is 60.3 Å². The quantitative estimate of drug-likeness (QED) is 0.0528. The number of nitrogens with zero attached hydrogens (tertiary/aromatic N) is 2. The minimum absolute atomic E-state index is 0.110. The molecule has 1 aliphatic heterocycles. The zero-order valence-corrected chi connectivity index (χ0v) is 32.8. The van der Waals surface area contributed by atoms with Gasteiger partial charge in [-0.1, -0.05) is 124 Å². The van der Waals surface area contributed by atoms with Gasteiger partial charge in [0.2, 0.25) is 0 Å². The van der Waals surface area contributed by atoms with Crippen molar-refractivity contribution < 1.29 is 33.4 Å². The van der Waals surface area contributed by atoms with Gasteiger partial charge in [-0.25, -0.2) is 19.9 Å². The molecule has 0 saturated carbocycles. The molecule has 1 saturated heterocycles. The molecule has 11 nitrogen and oxygen atoms in total. The molecule has 5 aromatic rings. The van der Waals surface area contributed by atoms with Gasteiger partial charge < -0.3 is 19.0 Å². The van der Waals surface area contributed by atoms with Crippen molar-refractivity contribution in [1.29, 1.82) is 0 Å². The molecule has 286 valence electrons. The molecule has 55 heavy (non-hydrogen) atoms. The molecule has 0 aliphatic carbocycles. The highest BCUT2D eigenvalue weighted by atomic mass is 28.4. The van der Waals surface area contributed by atoms with E-state index >= 15 is 0 Å². The maximum atomic E-state index is 14.7. The van der Waals surface area contributed by atoms with Crippen LogP contribution in [0.4, 0.5) is 5.82 Å². The third-order valence-electron chi connectivity index (χ3n) is 10.7. The van der Waals surface area contributed by atoms with Gasteiger partial charge in [0.1, 0.15) is 18.4 Å². The molecule has 0 bridgehead atoms.